The smallest absolute Gasteiger partial charge is 0.203 e. The molecule has 1 aromatic heterocycles. The Balaban J connectivity index is 1.72. The molecule has 2 aliphatic heterocycles. The van der Waals surface area contributed by atoms with Crippen molar-refractivity contribution in [2.75, 3.05) is 18.4 Å². The summed E-state index contributed by atoms with van der Waals surface area (Å²) in [5.41, 5.74) is 1.11. The van der Waals surface area contributed by atoms with Gasteiger partial charge >= 0.3 is 0 Å². The van der Waals surface area contributed by atoms with Crippen molar-refractivity contribution in [3.05, 3.63) is 11.9 Å². The molecular formula is C14H24N4. The zero-order chi connectivity index (χ0) is 12.5. The van der Waals surface area contributed by atoms with Crippen LogP contribution in [0, 0.1) is 6.92 Å². The van der Waals surface area contributed by atoms with Crippen molar-refractivity contribution in [3.8, 4) is 0 Å². The number of anilines is 1. The number of rotatable bonds is 3. The van der Waals surface area contributed by atoms with Gasteiger partial charge in [0.1, 0.15) is 0 Å². The van der Waals surface area contributed by atoms with Gasteiger partial charge in [0.25, 0.3) is 0 Å². The first-order valence-electron chi connectivity index (χ1n) is 7.32. The minimum Gasteiger partial charge on any atom is -0.351 e. The molecule has 3 rings (SSSR count). The summed E-state index contributed by atoms with van der Waals surface area (Å²) in [6, 6.07) is 1.33. The Hall–Kier alpha value is -1.03. The van der Waals surface area contributed by atoms with Crippen molar-refractivity contribution in [2.45, 2.75) is 58.2 Å². The highest BCUT2D eigenvalue weighted by Crippen LogP contribution is 2.29. The van der Waals surface area contributed by atoms with Crippen molar-refractivity contribution in [2.24, 2.45) is 0 Å². The van der Waals surface area contributed by atoms with Gasteiger partial charge in [-0.1, -0.05) is 6.42 Å². The summed E-state index contributed by atoms with van der Waals surface area (Å²) in [4.78, 5) is 7.28. The monoisotopic (exact) mass is 248 g/mol. The summed E-state index contributed by atoms with van der Waals surface area (Å²) in [5, 5.41) is 3.69. The third-order valence-electron chi connectivity index (χ3n) is 4.41. The number of hydrogen-bond acceptors (Lipinski definition) is 3. The highest BCUT2D eigenvalue weighted by atomic mass is 15.3. The molecule has 0 amide bonds. The van der Waals surface area contributed by atoms with Crippen LogP contribution in [-0.2, 0) is 6.54 Å². The van der Waals surface area contributed by atoms with Crippen LogP contribution in [0.15, 0.2) is 6.20 Å². The van der Waals surface area contributed by atoms with Crippen LogP contribution in [0.4, 0.5) is 5.95 Å². The summed E-state index contributed by atoms with van der Waals surface area (Å²) in [6.45, 7) is 7.79. The Kier molecular flexibility index (Phi) is 3.29. The van der Waals surface area contributed by atoms with Crippen LogP contribution in [0.3, 0.4) is 0 Å². The predicted molar refractivity (Wildman–Crippen MR) is 73.9 cm³/mol. The lowest BCUT2D eigenvalue weighted by Gasteiger charge is -2.32. The maximum absolute atomic E-state index is 4.62. The minimum atomic E-state index is 0.595. The number of imidazole rings is 1. The average molecular weight is 248 g/mol. The number of fused-ring (bicyclic) bond motifs is 1. The molecule has 1 aromatic rings. The van der Waals surface area contributed by atoms with E-state index in [1.807, 2.05) is 0 Å². The molecule has 2 atom stereocenters. The first-order chi connectivity index (χ1) is 8.78. The van der Waals surface area contributed by atoms with E-state index in [2.05, 4.69) is 39.8 Å². The van der Waals surface area contributed by atoms with Gasteiger partial charge in [-0.25, -0.2) is 4.98 Å². The molecule has 2 unspecified atom stereocenters. The van der Waals surface area contributed by atoms with E-state index in [0.717, 1.165) is 24.2 Å². The molecule has 0 bridgehead atoms. The quantitative estimate of drug-likeness (QED) is 0.890. The van der Waals surface area contributed by atoms with E-state index in [4.69, 9.17) is 0 Å². The molecule has 18 heavy (non-hydrogen) atoms. The third kappa shape index (κ3) is 2.14. The molecule has 2 fully saturated rings. The Labute approximate surface area is 109 Å². The van der Waals surface area contributed by atoms with Gasteiger partial charge < -0.3 is 9.88 Å². The van der Waals surface area contributed by atoms with Crippen LogP contribution < -0.4 is 5.32 Å². The zero-order valence-corrected chi connectivity index (χ0v) is 11.5. The number of nitrogens with zero attached hydrogens (tertiary/aromatic N) is 3. The van der Waals surface area contributed by atoms with E-state index in [1.54, 1.807) is 0 Å². The Morgan fingerprint density at radius 2 is 2.22 bits per heavy atom. The molecule has 4 nitrogen and oxygen atoms in total. The lowest BCUT2D eigenvalue weighted by Crippen LogP contribution is -2.42. The van der Waals surface area contributed by atoms with Crippen LogP contribution in [0.25, 0.3) is 0 Å². The molecule has 100 valence electrons. The second-order valence-corrected chi connectivity index (χ2v) is 5.63. The second-order valence-electron chi connectivity index (χ2n) is 5.63. The molecule has 4 heteroatoms. The molecule has 2 saturated heterocycles. The molecule has 0 aliphatic carbocycles. The first kappa shape index (κ1) is 12.0. The number of aromatic nitrogens is 2. The maximum atomic E-state index is 4.62. The third-order valence-corrected chi connectivity index (χ3v) is 4.41. The van der Waals surface area contributed by atoms with Crippen molar-refractivity contribution in [1.82, 2.24) is 14.5 Å². The van der Waals surface area contributed by atoms with Gasteiger partial charge in [-0.15, -0.1) is 0 Å². The van der Waals surface area contributed by atoms with Gasteiger partial charge in [0.15, 0.2) is 0 Å². The summed E-state index contributed by atoms with van der Waals surface area (Å²) in [7, 11) is 0. The van der Waals surface area contributed by atoms with Gasteiger partial charge in [-0.05, 0) is 39.7 Å². The molecule has 0 spiro atoms. The molecule has 0 saturated carbocycles. The van der Waals surface area contributed by atoms with Crippen LogP contribution in [-0.4, -0.2) is 39.6 Å². The van der Waals surface area contributed by atoms with E-state index in [-0.39, 0.29) is 0 Å². The van der Waals surface area contributed by atoms with Gasteiger partial charge in [-0.3, -0.25) is 4.90 Å². The zero-order valence-electron chi connectivity index (χ0n) is 11.5. The van der Waals surface area contributed by atoms with Crippen LogP contribution >= 0.6 is 0 Å². The van der Waals surface area contributed by atoms with Gasteiger partial charge in [0.05, 0.1) is 5.69 Å². The number of hydrogen-bond donors (Lipinski definition) is 1. The maximum Gasteiger partial charge on any atom is 0.203 e. The number of aryl methyl sites for hydroxylation is 2. The minimum absolute atomic E-state index is 0.595. The lowest BCUT2D eigenvalue weighted by atomic mass is 9.99. The molecule has 1 N–H and O–H groups in total. The summed E-state index contributed by atoms with van der Waals surface area (Å²) >= 11 is 0. The van der Waals surface area contributed by atoms with Crippen LogP contribution in [0.2, 0.25) is 0 Å². The van der Waals surface area contributed by atoms with E-state index in [9.17, 15) is 0 Å². The highest BCUT2D eigenvalue weighted by Gasteiger charge is 2.35. The number of nitrogens with one attached hydrogen (secondary N) is 1. The van der Waals surface area contributed by atoms with Gasteiger partial charge in [0.2, 0.25) is 5.95 Å². The van der Waals surface area contributed by atoms with Crippen molar-refractivity contribution in [1.29, 1.82) is 0 Å². The fourth-order valence-electron chi connectivity index (χ4n) is 3.48. The fraction of sp³-hybridized carbons (Fsp3) is 0.786. The predicted octanol–water partition coefficient (Wildman–Crippen LogP) is 2.25. The Morgan fingerprint density at radius 3 is 3.06 bits per heavy atom. The summed E-state index contributed by atoms with van der Waals surface area (Å²) in [6.07, 6.45) is 7.52. The molecule has 0 aromatic carbocycles. The standard InChI is InChI=1S/C14H24N4/c1-3-17-10-11(2)15-14(17)16-12-7-9-18-8-5-4-6-13(12)18/h10,12-13H,3-9H2,1-2H3,(H,15,16). The van der Waals surface area contributed by atoms with Crippen molar-refractivity contribution in [3.63, 3.8) is 0 Å². The number of piperidine rings is 1. The van der Waals surface area contributed by atoms with E-state index in [0.29, 0.717) is 6.04 Å². The summed E-state index contributed by atoms with van der Waals surface area (Å²) in [5.74, 6) is 1.06. The van der Waals surface area contributed by atoms with Gasteiger partial charge in [0, 0.05) is 31.4 Å². The SMILES string of the molecule is CCn1cc(C)nc1NC1CCN2CCCCC12. The fourth-order valence-corrected chi connectivity index (χ4v) is 3.48. The van der Waals surface area contributed by atoms with Crippen LogP contribution in [0.5, 0.6) is 0 Å². The molecule has 3 heterocycles. The van der Waals surface area contributed by atoms with Gasteiger partial charge in [-0.2, -0.15) is 0 Å². The topological polar surface area (TPSA) is 33.1 Å². The van der Waals surface area contributed by atoms with Crippen LogP contribution in [0.1, 0.15) is 38.3 Å². The Bertz CT molecular complexity index is 412. The van der Waals surface area contributed by atoms with E-state index >= 15 is 0 Å². The Morgan fingerprint density at radius 1 is 1.33 bits per heavy atom. The lowest BCUT2D eigenvalue weighted by molar-refractivity contribution is 0.192. The summed E-state index contributed by atoms with van der Waals surface area (Å²) < 4.78 is 2.22. The highest BCUT2D eigenvalue weighted by molar-refractivity contribution is 5.31. The van der Waals surface area contributed by atoms with E-state index < -0.39 is 0 Å². The van der Waals surface area contributed by atoms with E-state index in [1.165, 1.54) is 38.8 Å². The molecular weight excluding hydrogens is 224 g/mol. The first-order valence-corrected chi connectivity index (χ1v) is 7.32. The normalized spacial score (nSPS) is 28.3. The largest absolute Gasteiger partial charge is 0.351 e. The van der Waals surface area contributed by atoms with Crippen molar-refractivity contribution >= 4 is 5.95 Å². The molecule has 0 radical (unpaired) electrons. The van der Waals surface area contributed by atoms with Crippen molar-refractivity contribution < 1.29 is 0 Å². The average Bonchev–Trinajstić information content (AvgIpc) is 2.94. The second kappa shape index (κ2) is 4.92. The molecule has 2 aliphatic rings.